The van der Waals surface area contributed by atoms with Crippen molar-refractivity contribution in [3.8, 4) is 16.9 Å². The molecule has 0 aliphatic carbocycles. The molecule has 4 rings (SSSR count). The lowest BCUT2D eigenvalue weighted by atomic mass is 10.1. The third-order valence-electron chi connectivity index (χ3n) is 4.97. The number of H-pyrrole nitrogens is 1. The number of aryl methyl sites for hydroxylation is 1. The van der Waals surface area contributed by atoms with Crippen LogP contribution >= 0.6 is 11.6 Å². The van der Waals surface area contributed by atoms with E-state index in [4.69, 9.17) is 16.3 Å². The largest absolute Gasteiger partial charge is 0.495 e. The Hall–Kier alpha value is -3.79. The van der Waals surface area contributed by atoms with Crippen LogP contribution in [0.4, 0.5) is 18.9 Å². The normalized spacial score (nSPS) is 11.6. The highest BCUT2D eigenvalue weighted by atomic mass is 35.5. The fraction of sp³-hybridized carbons (Fsp3) is 0.136. The molecule has 0 spiro atoms. The fourth-order valence-corrected chi connectivity index (χ4v) is 3.72. The smallest absolute Gasteiger partial charge is 0.433 e. The zero-order valence-corrected chi connectivity index (χ0v) is 18.0. The number of aromatic nitrogens is 3. The lowest BCUT2D eigenvalue weighted by Crippen LogP contribution is -2.29. The Labute approximate surface area is 189 Å². The number of fused-ring (bicyclic) bond motifs is 1. The van der Waals surface area contributed by atoms with E-state index in [1.165, 1.54) is 32.2 Å². The number of amides is 1. The fourth-order valence-electron chi connectivity index (χ4n) is 3.47. The first-order chi connectivity index (χ1) is 15.6. The van der Waals surface area contributed by atoms with E-state index in [1.807, 2.05) is 0 Å². The number of carbonyl (C=O) groups is 1. The Morgan fingerprint density at radius 1 is 1.15 bits per heavy atom. The van der Waals surface area contributed by atoms with E-state index in [0.717, 1.165) is 0 Å². The number of halogens is 4. The van der Waals surface area contributed by atoms with E-state index in [1.54, 1.807) is 30.3 Å². The van der Waals surface area contributed by atoms with E-state index >= 15 is 0 Å². The second-order valence-electron chi connectivity index (χ2n) is 7.04. The summed E-state index contributed by atoms with van der Waals surface area (Å²) in [6, 6.07) is 12.4. The van der Waals surface area contributed by atoms with Crippen molar-refractivity contribution < 1.29 is 22.7 Å². The summed E-state index contributed by atoms with van der Waals surface area (Å²) in [5.74, 6) is -0.581. The van der Waals surface area contributed by atoms with Gasteiger partial charge in [0.05, 0.1) is 24.1 Å². The van der Waals surface area contributed by atoms with Crippen LogP contribution in [0.2, 0.25) is 5.02 Å². The minimum Gasteiger partial charge on any atom is -0.495 e. The maximum atomic E-state index is 13.8. The lowest BCUT2D eigenvalue weighted by Gasteiger charge is -2.11. The number of rotatable bonds is 4. The maximum Gasteiger partial charge on any atom is 0.433 e. The topological polar surface area (TPSA) is 88.5 Å². The number of nitrogens with zero attached hydrogens (tertiary/aromatic N) is 2. The van der Waals surface area contributed by atoms with Crippen molar-refractivity contribution >= 4 is 28.8 Å². The summed E-state index contributed by atoms with van der Waals surface area (Å²) >= 11 is 6.19. The van der Waals surface area contributed by atoms with Gasteiger partial charge in [0.25, 0.3) is 11.5 Å². The first-order valence-electron chi connectivity index (χ1n) is 9.55. The van der Waals surface area contributed by atoms with Gasteiger partial charge in [-0.2, -0.15) is 17.7 Å². The third kappa shape index (κ3) is 3.93. The second kappa shape index (κ2) is 8.28. The number of anilines is 1. The zero-order valence-electron chi connectivity index (χ0n) is 17.2. The molecule has 33 heavy (non-hydrogen) atoms. The molecule has 2 N–H and O–H groups in total. The molecule has 0 bridgehead atoms. The number of methoxy groups -OCH3 is 1. The van der Waals surface area contributed by atoms with Crippen LogP contribution in [0.25, 0.3) is 16.8 Å². The summed E-state index contributed by atoms with van der Waals surface area (Å²) in [5, 5.41) is 4.67. The van der Waals surface area contributed by atoms with Crippen LogP contribution < -0.4 is 15.6 Å². The number of alkyl halides is 3. The highest BCUT2D eigenvalue weighted by Gasteiger charge is 2.38. The summed E-state index contributed by atoms with van der Waals surface area (Å²) in [6.45, 7) is 1.37. The molecule has 1 amide bonds. The summed E-state index contributed by atoms with van der Waals surface area (Å²) in [6.07, 6.45) is -4.80. The van der Waals surface area contributed by atoms with Gasteiger partial charge in [0.15, 0.2) is 5.65 Å². The molecule has 170 valence electrons. The van der Waals surface area contributed by atoms with Crippen LogP contribution in [0.3, 0.4) is 0 Å². The Morgan fingerprint density at radius 2 is 1.85 bits per heavy atom. The van der Waals surface area contributed by atoms with Crippen molar-refractivity contribution in [2.45, 2.75) is 13.1 Å². The van der Waals surface area contributed by atoms with Crippen LogP contribution in [-0.4, -0.2) is 27.6 Å². The maximum absolute atomic E-state index is 13.8. The highest BCUT2D eigenvalue weighted by Crippen LogP contribution is 2.38. The van der Waals surface area contributed by atoms with Crippen molar-refractivity contribution in [3.05, 3.63) is 80.9 Å². The van der Waals surface area contributed by atoms with E-state index in [-0.39, 0.29) is 33.2 Å². The molecule has 0 radical (unpaired) electrons. The SMILES string of the molecule is COc1cccc(NC(=O)c2c(C)nc3c(-c4ccccc4)c(C(F)(F)F)[nH]n3c2=O)c1Cl. The van der Waals surface area contributed by atoms with Crippen LogP contribution in [0.15, 0.2) is 53.3 Å². The molecular weight excluding hydrogens is 461 g/mol. The zero-order chi connectivity index (χ0) is 23.9. The monoisotopic (exact) mass is 476 g/mol. The Morgan fingerprint density at radius 3 is 2.48 bits per heavy atom. The molecule has 4 aromatic rings. The minimum absolute atomic E-state index is 0.0403. The molecule has 2 heterocycles. The van der Waals surface area contributed by atoms with E-state index in [2.05, 4.69) is 15.4 Å². The molecule has 0 fully saturated rings. The summed E-state index contributed by atoms with van der Waals surface area (Å²) in [5.41, 5.74) is -2.75. The molecule has 0 aliphatic rings. The van der Waals surface area contributed by atoms with Crippen molar-refractivity contribution in [1.29, 1.82) is 0 Å². The van der Waals surface area contributed by atoms with Gasteiger partial charge < -0.3 is 10.1 Å². The van der Waals surface area contributed by atoms with Crippen molar-refractivity contribution in [2.24, 2.45) is 0 Å². The average molecular weight is 477 g/mol. The number of nitrogens with one attached hydrogen (secondary N) is 2. The summed E-state index contributed by atoms with van der Waals surface area (Å²) in [7, 11) is 1.40. The first-order valence-corrected chi connectivity index (χ1v) is 9.93. The molecule has 0 aliphatic heterocycles. The van der Waals surface area contributed by atoms with Gasteiger partial charge in [-0.1, -0.05) is 48.0 Å². The van der Waals surface area contributed by atoms with Crippen molar-refractivity contribution in [2.75, 3.05) is 12.4 Å². The number of hydrogen-bond donors (Lipinski definition) is 2. The van der Waals surface area contributed by atoms with E-state index in [9.17, 15) is 22.8 Å². The number of aromatic amines is 1. The van der Waals surface area contributed by atoms with Crippen LogP contribution in [0, 0.1) is 6.92 Å². The lowest BCUT2D eigenvalue weighted by molar-refractivity contribution is -0.140. The highest BCUT2D eigenvalue weighted by molar-refractivity contribution is 6.35. The molecule has 0 unspecified atom stereocenters. The van der Waals surface area contributed by atoms with Crippen LogP contribution in [-0.2, 0) is 6.18 Å². The Kier molecular flexibility index (Phi) is 5.62. The van der Waals surface area contributed by atoms with Gasteiger partial charge in [0.1, 0.15) is 22.0 Å². The molecule has 7 nitrogen and oxygen atoms in total. The molecule has 0 saturated heterocycles. The average Bonchev–Trinajstić information content (AvgIpc) is 3.16. The van der Waals surface area contributed by atoms with Gasteiger partial charge in [-0.05, 0) is 24.6 Å². The van der Waals surface area contributed by atoms with E-state index in [0.29, 0.717) is 10.3 Å². The summed E-state index contributed by atoms with van der Waals surface area (Å²) in [4.78, 5) is 30.2. The first kappa shape index (κ1) is 22.4. The quantitative estimate of drug-likeness (QED) is 0.437. The van der Waals surface area contributed by atoms with Gasteiger partial charge in [-0.15, -0.1) is 0 Å². The standard InChI is InChI=1S/C22H16ClF3N4O3/c1-11-15(20(31)28-13-9-6-10-14(33-2)17(13)23)21(32)30-19(27-11)16(12-7-4-3-5-8-12)18(29-30)22(24,25)26/h3-10,29H,1-2H3,(H,28,31). The number of carbonyl (C=O) groups excluding carboxylic acids is 1. The number of hydrogen-bond acceptors (Lipinski definition) is 4. The predicted molar refractivity (Wildman–Crippen MR) is 117 cm³/mol. The van der Waals surface area contributed by atoms with Gasteiger partial charge in [-0.3, -0.25) is 14.7 Å². The van der Waals surface area contributed by atoms with Crippen molar-refractivity contribution in [1.82, 2.24) is 14.6 Å². The minimum atomic E-state index is -4.80. The molecule has 0 saturated carbocycles. The van der Waals surface area contributed by atoms with Crippen molar-refractivity contribution in [3.63, 3.8) is 0 Å². The number of benzene rings is 2. The van der Waals surface area contributed by atoms with Crippen LogP contribution in [0.5, 0.6) is 5.75 Å². The molecule has 2 aromatic carbocycles. The van der Waals surface area contributed by atoms with Gasteiger partial charge in [-0.25, -0.2) is 4.98 Å². The molecule has 11 heteroatoms. The van der Waals surface area contributed by atoms with Gasteiger partial charge >= 0.3 is 6.18 Å². The predicted octanol–water partition coefficient (Wildman–Crippen LogP) is 4.93. The van der Waals surface area contributed by atoms with Crippen LogP contribution in [0.1, 0.15) is 21.7 Å². The Bertz CT molecular complexity index is 1430. The molecular formula is C22H16ClF3N4O3. The second-order valence-corrected chi connectivity index (χ2v) is 7.42. The summed E-state index contributed by atoms with van der Waals surface area (Å²) < 4.78 is 47.1. The molecule has 0 atom stereocenters. The van der Waals surface area contributed by atoms with E-state index < -0.39 is 28.9 Å². The third-order valence-corrected chi connectivity index (χ3v) is 5.36. The van der Waals surface area contributed by atoms with Gasteiger partial charge in [0.2, 0.25) is 0 Å². The number of ether oxygens (including phenoxy) is 1. The Balaban J connectivity index is 1.89. The van der Waals surface area contributed by atoms with Gasteiger partial charge in [0, 0.05) is 0 Å². The molecule has 2 aromatic heterocycles.